The van der Waals surface area contributed by atoms with E-state index in [2.05, 4.69) is 18.3 Å². The first-order valence-electron chi connectivity index (χ1n) is 5.86. The fourth-order valence-corrected chi connectivity index (χ4v) is 2.81. The summed E-state index contributed by atoms with van der Waals surface area (Å²) in [5.74, 6) is 1.24. The third-order valence-corrected chi connectivity index (χ3v) is 3.92. The predicted octanol–water partition coefficient (Wildman–Crippen LogP) is 2.76. The van der Waals surface area contributed by atoms with E-state index in [0.29, 0.717) is 16.4 Å². The molecule has 1 aromatic rings. The van der Waals surface area contributed by atoms with Gasteiger partial charge in [0.05, 0.1) is 28.9 Å². The number of rotatable bonds is 4. The van der Waals surface area contributed by atoms with Crippen LogP contribution in [0.15, 0.2) is 33.4 Å². The van der Waals surface area contributed by atoms with Gasteiger partial charge in [-0.3, -0.25) is 4.79 Å². The number of nitriles is 1. The number of allylic oxidation sites excluding steroid dienone is 1. The molecule has 2 rings (SSSR count). The van der Waals surface area contributed by atoms with Gasteiger partial charge in [-0.2, -0.15) is 5.26 Å². The first kappa shape index (κ1) is 12.8. The highest BCUT2D eigenvalue weighted by molar-refractivity contribution is 8.03. The van der Waals surface area contributed by atoms with Crippen LogP contribution in [0.5, 0.6) is 0 Å². The number of amides is 1. The van der Waals surface area contributed by atoms with Gasteiger partial charge in [-0.25, -0.2) is 0 Å². The zero-order chi connectivity index (χ0) is 13.0. The van der Waals surface area contributed by atoms with Crippen molar-refractivity contribution in [3.8, 4) is 6.07 Å². The molecule has 0 saturated heterocycles. The molecular weight excluding hydrogens is 248 g/mol. The van der Waals surface area contributed by atoms with Crippen LogP contribution >= 0.6 is 11.8 Å². The molecular formula is C13H14N2O2S. The van der Waals surface area contributed by atoms with Crippen molar-refractivity contribution in [3.05, 3.63) is 34.8 Å². The highest BCUT2D eigenvalue weighted by Crippen LogP contribution is 2.36. The lowest BCUT2D eigenvalue weighted by atomic mass is 9.92. The van der Waals surface area contributed by atoms with Gasteiger partial charge in [-0.1, -0.05) is 6.92 Å². The summed E-state index contributed by atoms with van der Waals surface area (Å²) in [4.78, 5) is 11.7. The number of nitrogens with one attached hydrogen (secondary N) is 1. The maximum Gasteiger partial charge on any atom is 0.225 e. The lowest BCUT2D eigenvalue weighted by Gasteiger charge is -2.23. The minimum atomic E-state index is -0.252. The standard InChI is InChI=1S/C13H14N2O2S/c1-2-6-18-13-10(8-14)9(7-12(16)15-13)11-4-3-5-17-11/h3-5,9H,2,6-7H2,1H3,(H,15,16). The molecule has 0 aromatic carbocycles. The van der Waals surface area contributed by atoms with Gasteiger partial charge < -0.3 is 9.73 Å². The number of hydrogen-bond acceptors (Lipinski definition) is 4. The van der Waals surface area contributed by atoms with Crippen molar-refractivity contribution in [2.24, 2.45) is 0 Å². The predicted molar refractivity (Wildman–Crippen MR) is 69.6 cm³/mol. The summed E-state index contributed by atoms with van der Waals surface area (Å²) in [5, 5.41) is 12.8. The van der Waals surface area contributed by atoms with Gasteiger partial charge in [-0.15, -0.1) is 11.8 Å². The molecule has 0 radical (unpaired) electrons. The highest BCUT2D eigenvalue weighted by atomic mass is 32.2. The highest BCUT2D eigenvalue weighted by Gasteiger charge is 2.30. The number of nitrogens with zero attached hydrogens (tertiary/aromatic N) is 1. The van der Waals surface area contributed by atoms with E-state index in [1.165, 1.54) is 11.8 Å². The van der Waals surface area contributed by atoms with Gasteiger partial charge in [0.2, 0.25) is 5.91 Å². The second-order valence-electron chi connectivity index (χ2n) is 4.02. The first-order valence-corrected chi connectivity index (χ1v) is 6.85. The molecule has 2 heterocycles. The molecule has 5 heteroatoms. The third kappa shape index (κ3) is 2.59. The molecule has 0 bridgehead atoms. The van der Waals surface area contributed by atoms with Gasteiger partial charge in [-0.05, 0) is 24.3 Å². The van der Waals surface area contributed by atoms with Gasteiger partial charge >= 0.3 is 0 Å². The van der Waals surface area contributed by atoms with E-state index in [9.17, 15) is 10.1 Å². The maximum atomic E-state index is 11.7. The van der Waals surface area contributed by atoms with E-state index >= 15 is 0 Å². The second-order valence-corrected chi connectivity index (χ2v) is 5.13. The monoisotopic (exact) mass is 262 g/mol. The third-order valence-electron chi connectivity index (χ3n) is 2.69. The number of furan rings is 1. The summed E-state index contributed by atoms with van der Waals surface area (Å²) in [6.45, 7) is 2.06. The van der Waals surface area contributed by atoms with E-state index in [1.54, 1.807) is 12.3 Å². The molecule has 1 N–H and O–H groups in total. The Labute approximate surface area is 110 Å². The lowest BCUT2D eigenvalue weighted by Crippen LogP contribution is -2.30. The molecule has 0 aliphatic carbocycles. The van der Waals surface area contributed by atoms with Crippen LogP contribution in [0.4, 0.5) is 0 Å². The molecule has 0 fully saturated rings. The Balaban J connectivity index is 2.33. The van der Waals surface area contributed by atoms with Crippen LogP contribution in [0.25, 0.3) is 0 Å². The quantitative estimate of drug-likeness (QED) is 0.906. The van der Waals surface area contributed by atoms with E-state index in [1.807, 2.05) is 6.07 Å². The first-order chi connectivity index (χ1) is 8.76. The Kier molecular flexibility index (Phi) is 4.11. The summed E-state index contributed by atoms with van der Waals surface area (Å²) in [6, 6.07) is 5.79. The summed E-state index contributed by atoms with van der Waals surface area (Å²) in [7, 11) is 0. The van der Waals surface area contributed by atoms with E-state index in [-0.39, 0.29) is 18.2 Å². The SMILES string of the molecule is CCCSC1=C(C#N)C(c2ccco2)CC(=O)N1. The van der Waals surface area contributed by atoms with Crippen LogP contribution in [0.3, 0.4) is 0 Å². The Hall–Kier alpha value is -1.67. The van der Waals surface area contributed by atoms with Crippen molar-refractivity contribution in [2.75, 3.05) is 5.75 Å². The minimum absolute atomic E-state index is 0.0611. The van der Waals surface area contributed by atoms with E-state index in [0.717, 1.165) is 12.2 Å². The van der Waals surface area contributed by atoms with Crippen LogP contribution in [0, 0.1) is 11.3 Å². The van der Waals surface area contributed by atoms with Crippen molar-refractivity contribution in [2.45, 2.75) is 25.7 Å². The Morgan fingerprint density at radius 2 is 2.50 bits per heavy atom. The zero-order valence-electron chi connectivity index (χ0n) is 10.1. The molecule has 1 atom stereocenters. The Morgan fingerprint density at radius 1 is 1.67 bits per heavy atom. The number of carbonyl (C=O) groups excluding carboxylic acids is 1. The lowest BCUT2D eigenvalue weighted by molar-refractivity contribution is -0.120. The minimum Gasteiger partial charge on any atom is -0.469 e. The zero-order valence-corrected chi connectivity index (χ0v) is 10.9. The maximum absolute atomic E-state index is 11.7. The molecule has 0 spiro atoms. The van der Waals surface area contributed by atoms with E-state index < -0.39 is 0 Å². The van der Waals surface area contributed by atoms with Crippen LogP contribution in [0.2, 0.25) is 0 Å². The van der Waals surface area contributed by atoms with Crippen LogP contribution < -0.4 is 5.32 Å². The van der Waals surface area contributed by atoms with Gasteiger partial charge in [0.25, 0.3) is 0 Å². The Morgan fingerprint density at radius 3 is 3.11 bits per heavy atom. The number of thioether (sulfide) groups is 1. The average molecular weight is 262 g/mol. The molecule has 1 aliphatic rings. The van der Waals surface area contributed by atoms with Crippen LogP contribution in [0.1, 0.15) is 31.4 Å². The number of carbonyl (C=O) groups is 1. The summed E-state index contributed by atoms with van der Waals surface area (Å²) in [6.07, 6.45) is 2.83. The number of hydrogen-bond donors (Lipinski definition) is 1. The average Bonchev–Trinajstić information content (AvgIpc) is 2.89. The van der Waals surface area contributed by atoms with Crippen molar-refractivity contribution >= 4 is 17.7 Å². The fourth-order valence-electron chi connectivity index (χ4n) is 1.87. The topological polar surface area (TPSA) is 66.0 Å². The normalized spacial score (nSPS) is 19.6. The van der Waals surface area contributed by atoms with Crippen molar-refractivity contribution in [1.82, 2.24) is 5.32 Å². The molecule has 1 unspecified atom stereocenters. The summed E-state index contributed by atoms with van der Waals surface area (Å²) >= 11 is 1.52. The largest absolute Gasteiger partial charge is 0.469 e. The van der Waals surface area contributed by atoms with Gasteiger partial charge in [0, 0.05) is 6.42 Å². The fraction of sp³-hybridized carbons (Fsp3) is 0.385. The van der Waals surface area contributed by atoms with Crippen molar-refractivity contribution in [3.63, 3.8) is 0 Å². The molecule has 1 aromatic heterocycles. The van der Waals surface area contributed by atoms with Gasteiger partial charge in [0.1, 0.15) is 5.76 Å². The van der Waals surface area contributed by atoms with Gasteiger partial charge in [0.15, 0.2) is 0 Å². The van der Waals surface area contributed by atoms with Crippen LogP contribution in [-0.2, 0) is 4.79 Å². The van der Waals surface area contributed by atoms with Crippen LogP contribution in [-0.4, -0.2) is 11.7 Å². The van der Waals surface area contributed by atoms with Crippen molar-refractivity contribution in [1.29, 1.82) is 5.26 Å². The Bertz CT molecular complexity index is 500. The molecule has 1 aliphatic heterocycles. The second kappa shape index (κ2) is 5.78. The van der Waals surface area contributed by atoms with Crippen molar-refractivity contribution < 1.29 is 9.21 Å². The van der Waals surface area contributed by atoms with E-state index in [4.69, 9.17) is 4.42 Å². The smallest absolute Gasteiger partial charge is 0.225 e. The molecule has 0 saturated carbocycles. The molecule has 4 nitrogen and oxygen atoms in total. The molecule has 18 heavy (non-hydrogen) atoms. The molecule has 1 amide bonds. The molecule has 94 valence electrons. The summed E-state index contributed by atoms with van der Waals surface area (Å²) in [5.41, 5.74) is 0.600. The summed E-state index contributed by atoms with van der Waals surface area (Å²) < 4.78 is 5.33.